The normalized spacial score (nSPS) is 12.4. The van der Waals surface area contributed by atoms with Crippen LogP contribution in [0.1, 0.15) is 45.0 Å². The van der Waals surface area contributed by atoms with Gasteiger partial charge in [-0.25, -0.2) is 4.98 Å². The van der Waals surface area contributed by atoms with Crippen LogP contribution >= 0.6 is 0 Å². The summed E-state index contributed by atoms with van der Waals surface area (Å²) in [6.07, 6.45) is 5.95. The van der Waals surface area contributed by atoms with Gasteiger partial charge in [0.15, 0.2) is 0 Å². The van der Waals surface area contributed by atoms with E-state index < -0.39 is 0 Å². The minimum Gasteiger partial charge on any atom is -0.381 e. The Morgan fingerprint density at radius 1 is 1.56 bits per heavy atom. The second-order valence-electron chi connectivity index (χ2n) is 4.25. The lowest BCUT2D eigenvalue weighted by atomic mass is 10.1. The Morgan fingerprint density at radius 2 is 2.33 bits per heavy atom. The fourth-order valence-corrected chi connectivity index (χ4v) is 1.84. The third kappa shape index (κ3) is 4.49. The fraction of sp³-hybridized carbons (Fsp3) is 0.692. The average molecular weight is 253 g/mol. The molecule has 0 spiro atoms. The van der Waals surface area contributed by atoms with Gasteiger partial charge in [0.25, 0.3) is 0 Å². The summed E-state index contributed by atoms with van der Waals surface area (Å²) in [6.45, 7) is 5.14. The third-order valence-electron chi connectivity index (χ3n) is 2.76. The number of nitrogens with zero attached hydrogens (tertiary/aromatic N) is 2. The van der Waals surface area contributed by atoms with Crippen molar-refractivity contribution < 1.29 is 9.53 Å². The molecule has 0 fully saturated rings. The van der Waals surface area contributed by atoms with E-state index in [-0.39, 0.29) is 11.9 Å². The predicted molar refractivity (Wildman–Crippen MR) is 70.1 cm³/mol. The van der Waals surface area contributed by atoms with E-state index in [1.54, 1.807) is 6.20 Å². The third-order valence-corrected chi connectivity index (χ3v) is 2.76. The largest absolute Gasteiger partial charge is 0.381 e. The monoisotopic (exact) mass is 253 g/mol. The summed E-state index contributed by atoms with van der Waals surface area (Å²) in [5.41, 5.74) is 0. The Balaban J connectivity index is 2.53. The highest BCUT2D eigenvalue weighted by molar-refractivity contribution is 5.76. The molecule has 1 aromatic rings. The molecule has 0 saturated heterocycles. The van der Waals surface area contributed by atoms with Gasteiger partial charge in [0, 0.05) is 32.5 Å². The lowest BCUT2D eigenvalue weighted by Gasteiger charge is -2.17. The Bertz CT molecular complexity index is 363. The molecule has 1 aromatic heterocycles. The summed E-state index contributed by atoms with van der Waals surface area (Å²) in [5.74, 6) is 0.923. The number of hydrogen-bond donors (Lipinski definition) is 1. The molecule has 18 heavy (non-hydrogen) atoms. The first-order chi connectivity index (χ1) is 8.69. The van der Waals surface area contributed by atoms with Crippen LogP contribution in [0, 0.1) is 0 Å². The average Bonchev–Trinajstić information content (AvgIpc) is 2.75. The lowest BCUT2D eigenvalue weighted by Crippen LogP contribution is -2.30. The molecule has 0 bridgehead atoms. The van der Waals surface area contributed by atoms with Gasteiger partial charge in [0.1, 0.15) is 5.82 Å². The highest BCUT2D eigenvalue weighted by atomic mass is 16.5. The van der Waals surface area contributed by atoms with Crippen LogP contribution in [0.15, 0.2) is 12.4 Å². The summed E-state index contributed by atoms with van der Waals surface area (Å²) in [5, 5.41) is 3.02. The van der Waals surface area contributed by atoms with Crippen molar-refractivity contribution in [3.05, 3.63) is 18.2 Å². The molecule has 102 valence electrons. The summed E-state index contributed by atoms with van der Waals surface area (Å²) in [4.78, 5) is 16.1. The van der Waals surface area contributed by atoms with Crippen molar-refractivity contribution >= 4 is 5.91 Å². The number of aromatic nitrogens is 2. The van der Waals surface area contributed by atoms with E-state index in [2.05, 4.69) is 17.2 Å². The molecule has 1 atom stereocenters. The van der Waals surface area contributed by atoms with Gasteiger partial charge in [-0.1, -0.05) is 13.3 Å². The summed E-state index contributed by atoms with van der Waals surface area (Å²) >= 11 is 0. The number of rotatable bonds is 8. The topological polar surface area (TPSA) is 56.1 Å². The molecule has 0 aliphatic heterocycles. The maximum atomic E-state index is 11.8. The zero-order valence-electron chi connectivity index (χ0n) is 11.5. The number of ether oxygens (including phenoxy) is 1. The molecule has 0 aliphatic carbocycles. The van der Waals surface area contributed by atoms with E-state index in [9.17, 15) is 4.79 Å². The summed E-state index contributed by atoms with van der Waals surface area (Å²) in [7, 11) is 1.94. The zero-order chi connectivity index (χ0) is 13.4. The molecule has 1 rings (SSSR count). The number of amides is 1. The van der Waals surface area contributed by atoms with Gasteiger partial charge in [-0.3, -0.25) is 4.79 Å². The standard InChI is InChI=1S/C13H23N3O2/c1-4-6-11(13-14-8-9-16(13)3)15-12(17)7-10-18-5-2/h8-9,11H,4-7,10H2,1-3H3,(H,15,17)/t11-/m0/s1. The molecule has 0 radical (unpaired) electrons. The molecular formula is C13H23N3O2. The van der Waals surface area contributed by atoms with Gasteiger partial charge in [-0.05, 0) is 13.3 Å². The Hall–Kier alpha value is -1.36. The van der Waals surface area contributed by atoms with Crippen LogP contribution in [-0.2, 0) is 16.6 Å². The Kier molecular flexibility index (Phi) is 6.43. The second kappa shape index (κ2) is 7.87. The van der Waals surface area contributed by atoms with E-state index in [1.165, 1.54) is 0 Å². The van der Waals surface area contributed by atoms with E-state index >= 15 is 0 Å². The Labute approximate surface area is 109 Å². The van der Waals surface area contributed by atoms with E-state index in [0.717, 1.165) is 18.7 Å². The van der Waals surface area contributed by atoms with Crippen molar-refractivity contribution in [2.45, 2.75) is 39.2 Å². The molecule has 0 unspecified atom stereocenters. The second-order valence-corrected chi connectivity index (χ2v) is 4.25. The number of carbonyl (C=O) groups is 1. The first kappa shape index (κ1) is 14.7. The van der Waals surface area contributed by atoms with Crippen LogP contribution in [0.3, 0.4) is 0 Å². The van der Waals surface area contributed by atoms with Gasteiger partial charge in [-0.15, -0.1) is 0 Å². The predicted octanol–water partition coefficient (Wildman–Crippen LogP) is 1.80. The lowest BCUT2D eigenvalue weighted by molar-refractivity contribution is -0.123. The van der Waals surface area contributed by atoms with E-state index in [0.29, 0.717) is 19.6 Å². The summed E-state index contributed by atoms with van der Waals surface area (Å²) < 4.78 is 7.13. The van der Waals surface area contributed by atoms with Crippen LogP contribution in [-0.4, -0.2) is 28.7 Å². The molecule has 0 aliphatic rings. The summed E-state index contributed by atoms with van der Waals surface area (Å²) in [6, 6.07) is -0.0101. The van der Waals surface area contributed by atoms with Crippen molar-refractivity contribution in [3.63, 3.8) is 0 Å². The van der Waals surface area contributed by atoms with Crippen molar-refractivity contribution in [1.29, 1.82) is 0 Å². The smallest absolute Gasteiger partial charge is 0.222 e. The fourth-order valence-electron chi connectivity index (χ4n) is 1.84. The highest BCUT2D eigenvalue weighted by Gasteiger charge is 2.17. The van der Waals surface area contributed by atoms with Crippen LogP contribution in [0.25, 0.3) is 0 Å². The van der Waals surface area contributed by atoms with Crippen LogP contribution in [0.5, 0.6) is 0 Å². The van der Waals surface area contributed by atoms with Crippen LogP contribution in [0.2, 0.25) is 0 Å². The number of hydrogen-bond acceptors (Lipinski definition) is 3. The van der Waals surface area contributed by atoms with Crippen molar-refractivity contribution in [2.24, 2.45) is 7.05 Å². The molecule has 0 aromatic carbocycles. The number of imidazole rings is 1. The molecule has 1 N–H and O–H groups in total. The number of nitrogens with one attached hydrogen (secondary N) is 1. The SMILES string of the molecule is CCC[C@H](NC(=O)CCOCC)c1nccn1C. The van der Waals surface area contributed by atoms with Gasteiger partial charge >= 0.3 is 0 Å². The van der Waals surface area contributed by atoms with E-state index in [1.807, 2.05) is 24.7 Å². The van der Waals surface area contributed by atoms with E-state index in [4.69, 9.17) is 4.74 Å². The maximum absolute atomic E-state index is 11.8. The van der Waals surface area contributed by atoms with Crippen LogP contribution < -0.4 is 5.32 Å². The molecular weight excluding hydrogens is 230 g/mol. The van der Waals surface area contributed by atoms with Crippen molar-refractivity contribution in [3.8, 4) is 0 Å². The minimum atomic E-state index is -0.0101. The zero-order valence-corrected chi connectivity index (χ0v) is 11.5. The number of carbonyl (C=O) groups excluding carboxylic acids is 1. The van der Waals surface area contributed by atoms with Crippen molar-refractivity contribution in [1.82, 2.24) is 14.9 Å². The van der Waals surface area contributed by atoms with Gasteiger partial charge < -0.3 is 14.6 Å². The molecule has 1 heterocycles. The van der Waals surface area contributed by atoms with Gasteiger partial charge in [-0.2, -0.15) is 0 Å². The van der Waals surface area contributed by atoms with Gasteiger partial charge in [0.2, 0.25) is 5.91 Å². The first-order valence-corrected chi connectivity index (χ1v) is 6.53. The highest BCUT2D eigenvalue weighted by Crippen LogP contribution is 2.16. The van der Waals surface area contributed by atoms with Crippen molar-refractivity contribution in [2.75, 3.05) is 13.2 Å². The minimum absolute atomic E-state index is 0.0101. The first-order valence-electron chi connectivity index (χ1n) is 6.53. The van der Waals surface area contributed by atoms with Crippen LogP contribution in [0.4, 0.5) is 0 Å². The maximum Gasteiger partial charge on any atom is 0.222 e. The number of aryl methyl sites for hydroxylation is 1. The molecule has 5 nitrogen and oxygen atoms in total. The van der Waals surface area contributed by atoms with Gasteiger partial charge in [0.05, 0.1) is 12.6 Å². The Morgan fingerprint density at radius 3 is 2.89 bits per heavy atom. The molecule has 1 amide bonds. The molecule has 0 saturated carbocycles. The molecule has 5 heteroatoms. The quantitative estimate of drug-likeness (QED) is 0.719.